The highest BCUT2D eigenvalue weighted by Gasteiger charge is 2.18. The van der Waals surface area contributed by atoms with Crippen LogP contribution in [0.15, 0.2) is 0 Å². The molecule has 84 valence electrons. The van der Waals surface area contributed by atoms with Gasteiger partial charge in [0.05, 0.1) is 5.69 Å². The summed E-state index contributed by atoms with van der Waals surface area (Å²) < 4.78 is 1.55. The predicted octanol–water partition coefficient (Wildman–Crippen LogP) is 0.167. The third-order valence-electron chi connectivity index (χ3n) is 2.17. The van der Waals surface area contributed by atoms with Crippen LogP contribution in [-0.2, 0) is 13.0 Å². The molecule has 0 saturated carbocycles. The van der Waals surface area contributed by atoms with E-state index in [1.54, 1.807) is 4.68 Å². The zero-order chi connectivity index (χ0) is 11.4. The summed E-state index contributed by atoms with van der Waals surface area (Å²) in [4.78, 5) is 10.8. The molecule has 1 heterocycles. The summed E-state index contributed by atoms with van der Waals surface area (Å²) >= 11 is 0. The molecule has 1 unspecified atom stereocenters. The Morgan fingerprint density at radius 1 is 1.60 bits per heavy atom. The number of rotatable bonds is 5. The Bertz CT molecular complexity index is 348. The number of carboxylic acids is 1. The number of carbonyl (C=O) groups is 1. The van der Waals surface area contributed by atoms with Gasteiger partial charge < -0.3 is 10.2 Å². The van der Waals surface area contributed by atoms with Crippen molar-refractivity contribution in [1.82, 2.24) is 15.0 Å². The number of aliphatic hydroxyl groups excluding tert-OH is 1. The molecule has 0 saturated heterocycles. The molecule has 0 bridgehead atoms. The first-order valence-electron chi connectivity index (χ1n) is 4.86. The number of aliphatic hydroxyl groups is 1. The third kappa shape index (κ3) is 2.53. The fourth-order valence-electron chi connectivity index (χ4n) is 1.35. The van der Waals surface area contributed by atoms with E-state index in [2.05, 4.69) is 10.3 Å². The standard InChI is InChI=1S/C9H15N3O3/c1-3-7-8(9(14)15)10-11-12(7)4-6(2)5-13/h6,13H,3-5H2,1-2H3,(H,14,15). The van der Waals surface area contributed by atoms with Gasteiger partial charge in [-0.05, 0) is 12.3 Å². The fourth-order valence-corrected chi connectivity index (χ4v) is 1.35. The first-order valence-corrected chi connectivity index (χ1v) is 4.86. The third-order valence-corrected chi connectivity index (χ3v) is 2.17. The quantitative estimate of drug-likeness (QED) is 0.727. The summed E-state index contributed by atoms with van der Waals surface area (Å²) in [6.07, 6.45) is 0.562. The highest BCUT2D eigenvalue weighted by molar-refractivity contribution is 5.86. The summed E-state index contributed by atoms with van der Waals surface area (Å²) in [6, 6.07) is 0. The van der Waals surface area contributed by atoms with Crippen molar-refractivity contribution in [2.75, 3.05) is 6.61 Å². The highest BCUT2D eigenvalue weighted by Crippen LogP contribution is 2.09. The second-order valence-corrected chi connectivity index (χ2v) is 3.51. The number of carboxylic acid groups (broad SMARTS) is 1. The van der Waals surface area contributed by atoms with Gasteiger partial charge in [0.15, 0.2) is 5.69 Å². The maximum Gasteiger partial charge on any atom is 0.358 e. The molecule has 0 aliphatic rings. The SMILES string of the molecule is CCc1c(C(=O)O)nnn1CC(C)CO. The maximum absolute atomic E-state index is 10.8. The molecule has 0 aliphatic carbocycles. The first kappa shape index (κ1) is 11.6. The van der Waals surface area contributed by atoms with Gasteiger partial charge in [-0.3, -0.25) is 0 Å². The number of aromatic carboxylic acids is 1. The lowest BCUT2D eigenvalue weighted by Crippen LogP contribution is -2.15. The van der Waals surface area contributed by atoms with Crippen LogP contribution in [0.1, 0.15) is 30.0 Å². The van der Waals surface area contributed by atoms with Crippen LogP contribution < -0.4 is 0 Å². The van der Waals surface area contributed by atoms with Crippen molar-refractivity contribution in [2.45, 2.75) is 26.8 Å². The van der Waals surface area contributed by atoms with Gasteiger partial charge in [0.2, 0.25) is 0 Å². The number of nitrogens with zero attached hydrogens (tertiary/aromatic N) is 3. The molecule has 0 amide bonds. The molecular weight excluding hydrogens is 198 g/mol. The van der Waals surface area contributed by atoms with Crippen LogP contribution in [-0.4, -0.2) is 37.8 Å². The number of aromatic nitrogens is 3. The summed E-state index contributed by atoms with van der Waals surface area (Å²) in [5.41, 5.74) is 0.602. The zero-order valence-electron chi connectivity index (χ0n) is 8.84. The summed E-state index contributed by atoms with van der Waals surface area (Å²) in [6.45, 7) is 4.25. The lowest BCUT2D eigenvalue weighted by Gasteiger charge is -2.09. The van der Waals surface area contributed by atoms with Crippen molar-refractivity contribution in [1.29, 1.82) is 0 Å². The molecule has 0 radical (unpaired) electrons. The van der Waals surface area contributed by atoms with Crippen molar-refractivity contribution in [3.05, 3.63) is 11.4 Å². The molecule has 2 N–H and O–H groups in total. The van der Waals surface area contributed by atoms with E-state index < -0.39 is 5.97 Å². The van der Waals surface area contributed by atoms with Crippen LogP contribution in [0.2, 0.25) is 0 Å². The van der Waals surface area contributed by atoms with Gasteiger partial charge in [-0.15, -0.1) is 5.10 Å². The van der Waals surface area contributed by atoms with E-state index in [1.165, 1.54) is 0 Å². The van der Waals surface area contributed by atoms with Crippen LogP contribution >= 0.6 is 0 Å². The molecular formula is C9H15N3O3. The Hall–Kier alpha value is -1.43. The molecule has 15 heavy (non-hydrogen) atoms. The Morgan fingerprint density at radius 2 is 2.27 bits per heavy atom. The summed E-state index contributed by atoms with van der Waals surface area (Å²) in [5.74, 6) is -1.02. The van der Waals surface area contributed by atoms with Crippen LogP contribution in [0.25, 0.3) is 0 Å². The molecule has 1 aromatic heterocycles. The first-order chi connectivity index (χ1) is 7.10. The zero-order valence-corrected chi connectivity index (χ0v) is 8.84. The lowest BCUT2D eigenvalue weighted by molar-refractivity contribution is 0.0689. The van der Waals surface area contributed by atoms with Gasteiger partial charge in [0, 0.05) is 13.2 Å². The minimum Gasteiger partial charge on any atom is -0.476 e. The number of hydrogen-bond acceptors (Lipinski definition) is 4. The van der Waals surface area contributed by atoms with E-state index in [-0.39, 0.29) is 18.2 Å². The maximum atomic E-state index is 10.8. The molecule has 0 aliphatic heterocycles. The fraction of sp³-hybridized carbons (Fsp3) is 0.667. The molecule has 1 rings (SSSR count). The van der Waals surface area contributed by atoms with Crippen molar-refractivity contribution in [3.63, 3.8) is 0 Å². The van der Waals surface area contributed by atoms with E-state index in [0.717, 1.165) is 0 Å². The topological polar surface area (TPSA) is 88.2 Å². The second-order valence-electron chi connectivity index (χ2n) is 3.51. The van der Waals surface area contributed by atoms with Gasteiger partial charge in [-0.2, -0.15) is 0 Å². The molecule has 0 aromatic carbocycles. The van der Waals surface area contributed by atoms with Crippen molar-refractivity contribution in [2.24, 2.45) is 5.92 Å². The highest BCUT2D eigenvalue weighted by atomic mass is 16.4. The van der Waals surface area contributed by atoms with E-state index in [4.69, 9.17) is 10.2 Å². The Morgan fingerprint density at radius 3 is 2.73 bits per heavy atom. The average Bonchev–Trinajstić information content (AvgIpc) is 2.60. The van der Waals surface area contributed by atoms with Gasteiger partial charge in [-0.1, -0.05) is 19.1 Å². The van der Waals surface area contributed by atoms with Gasteiger partial charge in [0.25, 0.3) is 0 Å². The monoisotopic (exact) mass is 213 g/mol. The van der Waals surface area contributed by atoms with Crippen LogP contribution in [0, 0.1) is 5.92 Å². The minimum absolute atomic E-state index is 0.00244. The van der Waals surface area contributed by atoms with Crippen LogP contribution in [0.3, 0.4) is 0 Å². The number of hydrogen-bond donors (Lipinski definition) is 2. The van der Waals surface area contributed by atoms with Crippen molar-refractivity contribution >= 4 is 5.97 Å². The normalized spacial score (nSPS) is 12.7. The molecule has 1 atom stereocenters. The Kier molecular flexibility index (Phi) is 3.79. The lowest BCUT2D eigenvalue weighted by atomic mass is 10.2. The summed E-state index contributed by atoms with van der Waals surface area (Å²) in [5, 5.41) is 25.1. The van der Waals surface area contributed by atoms with Crippen molar-refractivity contribution in [3.8, 4) is 0 Å². The molecule has 0 fully saturated rings. The molecule has 1 aromatic rings. The molecule has 0 spiro atoms. The Balaban J connectivity index is 2.94. The van der Waals surface area contributed by atoms with E-state index >= 15 is 0 Å². The second kappa shape index (κ2) is 4.88. The van der Waals surface area contributed by atoms with Gasteiger partial charge >= 0.3 is 5.97 Å². The minimum atomic E-state index is -1.06. The Labute approximate surface area is 87.5 Å². The van der Waals surface area contributed by atoms with Gasteiger partial charge in [-0.25, -0.2) is 9.48 Å². The van der Waals surface area contributed by atoms with Gasteiger partial charge in [0.1, 0.15) is 0 Å². The van der Waals surface area contributed by atoms with Crippen LogP contribution in [0.4, 0.5) is 0 Å². The smallest absolute Gasteiger partial charge is 0.358 e. The summed E-state index contributed by atoms with van der Waals surface area (Å²) in [7, 11) is 0. The van der Waals surface area contributed by atoms with Crippen molar-refractivity contribution < 1.29 is 15.0 Å². The van der Waals surface area contributed by atoms with Crippen LogP contribution in [0.5, 0.6) is 0 Å². The largest absolute Gasteiger partial charge is 0.476 e. The van der Waals surface area contributed by atoms with E-state index in [0.29, 0.717) is 18.7 Å². The average molecular weight is 213 g/mol. The molecule has 6 nitrogen and oxygen atoms in total. The predicted molar refractivity (Wildman–Crippen MR) is 52.6 cm³/mol. The molecule has 6 heteroatoms. The van der Waals surface area contributed by atoms with E-state index in [9.17, 15) is 4.79 Å². The van der Waals surface area contributed by atoms with E-state index in [1.807, 2.05) is 13.8 Å².